The van der Waals surface area contributed by atoms with Crippen LogP contribution in [-0.2, 0) is 0 Å². The minimum Gasteiger partial charge on any atom is -0.497 e. The lowest BCUT2D eigenvalue weighted by Gasteiger charge is -2.27. The molecule has 5 atom stereocenters. The Labute approximate surface area is 778 Å². The lowest BCUT2D eigenvalue weighted by Crippen LogP contribution is -2.42. The number of para-hydroxylation sites is 1. The standard InChI is InChI=1S/C21H20N2O6.C21H20N2O5.2C20H18N2O5.C19H16N2O4/c1-26-15-5-3-12(9-17(15)27-2)19-14(11-22-21(25)23-19)20(24)13-4-6-16-18(10-13)29-8-7-28-16;1-2-26-15-6-3-13(4-7-15)19-16(12-22-21(25)23-19)20(24)14-5-8-17-18(11-14)28-10-9-27-17;1-25-14-4-2-3-12(9-14)18-15(11-21-20(24)22-18)19(23)13-5-6-16-17(10-13)27-8-7-26-16;1-25-15-5-3-2-4-13(15)18-14(11-21-20(24)22-18)19(23)12-6-7-16-17(10-12)27-9-8-26-16;22-18(13-6-7-15-16(10-13)25-9-8-24-15)14-11-20-19(23)21-17(14)12-4-2-1-3-5-12/h3-6,9-11,19H,7-8H2,1-2H3,(H2,22,23,25);3-8,11-12,19H,2,9-10H2,1H3,(H2,22,23,25);2-6,9-11,18H,7-8H2,1H3,(H2,21,22,24);2-7,10-11,18H,8-9H2,1H3,(H2,21,22,24);1-7,10-11,17H,8-9H2,(H2,20,21,23). The van der Waals surface area contributed by atoms with Crippen molar-refractivity contribution >= 4 is 59.1 Å². The van der Waals surface area contributed by atoms with Crippen molar-refractivity contribution in [1.29, 1.82) is 0 Å². The van der Waals surface area contributed by atoms with Gasteiger partial charge < -0.3 is 124 Å². The molecule has 10 aliphatic heterocycles. The van der Waals surface area contributed by atoms with E-state index in [1.165, 1.54) is 38.1 Å². The Morgan fingerprint density at radius 3 is 0.904 bits per heavy atom. The van der Waals surface area contributed by atoms with Crippen molar-refractivity contribution in [3.63, 3.8) is 0 Å². The van der Waals surface area contributed by atoms with Gasteiger partial charge in [-0.1, -0.05) is 78.9 Å². The molecule has 0 radical (unpaired) electrons. The fourth-order valence-electron chi connectivity index (χ4n) is 15.7. The Morgan fingerprint density at radius 1 is 0.265 bits per heavy atom. The lowest BCUT2D eigenvalue weighted by molar-refractivity contribution is 0.101. The summed E-state index contributed by atoms with van der Waals surface area (Å²) in [7, 11) is 6.19. The molecular formula is C101H92N10O25. The van der Waals surface area contributed by atoms with Crippen LogP contribution in [0.5, 0.6) is 86.2 Å². The molecule has 20 rings (SSSR count). The molecule has 10 amide bonds. The van der Waals surface area contributed by atoms with Gasteiger partial charge in [0.2, 0.25) is 0 Å². The maximum atomic E-state index is 13.2. The van der Waals surface area contributed by atoms with Gasteiger partial charge in [-0.05, 0) is 163 Å². The number of hydrogen-bond acceptors (Lipinski definition) is 25. The van der Waals surface area contributed by atoms with Crippen LogP contribution in [0.2, 0.25) is 0 Å². The van der Waals surface area contributed by atoms with Gasteiger partial charge >= 0.3 is 30.2 Å². The monoisotopic (exact) mass is 1840 g/mol. The molecular weight excluding hydrogens is 1750 g/mol. The number of Topliss-reactive ketones (excluding diaryl/α,β-unsaturated/α-hetero) is 5. The molecule has 696 valence electrons. The molecule has 0 bridgehead atoms. The zero-order valence-electron chi connectivity index (χ0n) is 74.0. The summed E-state index contributed by atoms with van der Waals surface area (Å²) >= 11 is 0. The summed E-state index contributed by atoms with van der Waals surface area (Å²) in [5, 5.41) is 26.8. The van der Waals surface area contributed by atoms with Crippen molar-refractivity contribution in [3.05, 3.63) is 327 Å². The highest BCUT2D eigenvalue weighted by Crippen LogP contribution is 2.43. The maximum absolute atomic E-state index is 13.2. The highest BCUT2D eigenvalue weighted by Gasteiger charge is 2.37. The summed E-state index contributed by atoms with van der Waals surface area (Å²) in [6.45, 7) is 7.12. The summed E-state index contributed by atoms with van der Waals surface area (Å²) < 4.78 is 82.0. The second kappa shape index (κ2) is 42.7. The lowest BCUT2D eigenvalue weighted by atomic mass is 9.91. The zero-order chi connectivity index (χ0) is 94.7. The quantitative estimate of drug-likeness (QED) is 0.0299. The van der Waals surface area contributed by atoms with Gasteiger partial charge in [0.25, 0.3) is 0 Å². The van der Waals surface area contributed by atoms with Crippen LogP contribution in [-0.4, -0.2) is 160 Å². The first-order valence-corrected chi connectivity index (χ1v) is 43.1. The molecule has 5 unspecified atom stereocenters. The maximum Gasteiger partial charge on any atom is 0.319 e. The van der Waals surface area contributed by atoms with E-state index < -0.39 is 36.2 Å². The third-order valence-corrected chi connectivity index (χ3v) is 22.3. The van der Waals surface area contributed by atoms with E-state index >= 15 is 0 Å². The van der Waals surface area contributed by atoms with E-state index in [4.69, 9.17) is 71.1 Å². The molecule has 10 aromatic carbocycles. The van der Waals surface area contributed by atoms with Crippen LogP contribution in [0.15, 0.2) is 271 Å². The highest BCUT2D eigenvalue weighted by molar-refractivity contribution is 6.14. The van der Waals surface area contributed by atoms with Crippen LogP contribution in [0.1, 0.15) is 117 Å². The Bertz CT molecular complexity index is 6450. The molecule has 10 aliphatic rings. The van der Waals surface area contributed by atoms with Crippen molar-refractivity contribution < 1.29 is 119 Å². The summed E-state index contributed by atoms with van der Waals surface area (Å²) in [4.78, 5) is 125. The zero-order valence-corrected chi connectivity index (χ0v) is 74.0. The topological polar surface area (TPSA) is 429 Å². The SMILES string of the molecule is CCOc1ccc(C2NC(=O)NC=C2C(=O)c2ccc3c(c2)OCCO3)cc1.COc1ccc(C2NC(=O)NC=C2C(=O)c2ccc3c(c2)OCCO3)cc1OC.COc1cccc(C2NC(=O)NC=C2C(=O)c2ccc3c(c2)OCCO3)c1.COc1ccccc1C1NC(=O)NC=C1C(=O)c1ccc2c(c1)OCCO2.O=C1NC=C(C(=O)c2ccc3c(c2)OCCO3)C(c2ccccc2)N1. The van der Waals surface area contributed by atoms with Crippen molar-refractivity contribution in [2.24, 2.45) is 0 Å². The van der Waals surface area contributed by atoms with Crippen LogP contribution < -0.4 is 124 Å². The number of benzene rings is 10. The molecule has 35 nitrogen and oxygen atoms in total. The van der Waals surface area contributed by atoms with E-state index in [-0.39, 0.29) is 53.0 Å². The molecule has 0 saturated carbocycles. The van der Waals surface area contributed by atoms with E-state index in [1.807, 2.05) is 91.9 Å². The number of rotatable bonds is 21. The Balaban J connectivity index is 0.000000123. The number of urea groups is 5. The first kappa shape index (κ1) is 91.9. The third kappa shape index (κ3) is 21.3. The van der Waals surface area contributed by atoms with Crippen LogP contribution in [0.4, 0.5) is 24.0 Å². The van der Waals surface area contributed by atoms with Crippen LogP contribution in [0.25, 0.3) is 0 Å². The summed E-state index contributed by atoms with van der Waals surface area (Å²) in [5.41, 5.74) is 8.14. The average Bonchev–Trinajstić information content (AvgIpc) is 0.797. The van der Waals surface area contributed by atoms with Crippen molar-refractivity contribution in [3.8, 4) is 86.2 Å². The molecule has 136 heavy (non-hydrogen) atoms. The van der Waals surface area contributed by atoms with Gasteiger partial charge in [-0.2, -0.15) is 0 Å². The van der Waals surface area contributed by atoms with E-state index in [0.29, 0.717) is 220 Å². The molecule has 0 fully saturated rings. The Kier molecular flexibility index (Phi) is 28.8. The van der Waals surface area contributed by atoms with Gasteiger partial charge in [-0.3, -0.25) is 24.0 Å². The summed E-state index contributed by atoms with van der Waals surface area (Å²) in [6, 6.07) is 57.0. The van der Waals surface area contributed by atoms with Crippen LogP contribution in [0, 0.1) is 0 Å². The summed E-state index contributed by atoms with van der Waals surface area (Å²) in [5.74, 6) is 7.75. The molecule has 10 N–H and O–H groups in total. The molecule has 10 heterocycles. The van der Waals surface area contributed by atoms with Gasteiger partial charge in [0.05, 0.1) is 65.3 Å². The van der Waals surface area contributed by atoms with Crippen molar-refractivity contribution in [2.75, 3.05) is 101 Å². The van der Waals surface area contributed by atoms with E-state index in [0.717, 1.165) is 22.4 Å². The van der Waals surface area contributed by atoms with Crippen molar-refractivity contribution in [1.82, 2.24) is 53.2 Å². The summed E-state index contributed by atoms with van der Waals surface area (Å²) in [6.07, 6.45) is 7.24. The number of nitrogens with one attached hydrogen (secondary N) is 10. The Morgan fingerprint density at radius 2 is 0.559 bits per heavy atom. The highest BCUT2D eigenvalue weighted by atomic mass is 16.6. The van der Waals surface area contributed by atoms with Crippen LogP contribution >= 0.6 is 0 Å². The van der Waals surface area contributed by atoms with Gasteiger partial charge in [0.15, 0.2) is 97.9 Å². The largest absolute Gasteiger partial charge is 0.497 e. The van der Waals surface area contributed by atoms with Gasteiger partial charge in [-0.25, -0.2) is 24.0 Å². The van der Waals surface area contributed by atoms with Crippen molar-refractivity contribution in [2.45, 2.75) is 37.1 Å². The van der Waals surface area contributed by atoms with E-state index in [1.54, 1.807) is 149 Å². The van der Waals surface area contributed by atoms with E-state index in [2.05, 4.69) is 53.2 Å². The first-order valence-electron chi connectivity index (χ1n) is 43.1. The molecule has 0 saturated heterocycles. The molecule has 0 aliphatic carbocycles. The second-order valence-electron chi connectivity index (χ2n) is 30.7. The molecule has 0 aromatic heterocycles. The normalized spacial score (nSPS) is 18.0. The van der Waals surface area contributed by atoms with Gasteiger partial charge in [-0.15, -0.1) is 0 Å². The molecule has 35 heteroatoms. The van der Waals surface area contributed by atoms with Gasteiger partial charge in [0, 0.05) is 92.2 Å². The minimum absolute atomic E-state index is 0.182. The fraction of sp³-hybridized carbons (Fsp3) is 0.208. The first-order chi connectivity index (χ1) is 66.3. The molecule has 0 spiro atoms. The number of carbonyl (C=O) groups excluding carboxylic acids is 10. The van der Waals surface area contributed by atoms with Gasteiger partial charge in [0.1, 0.15) is 83.3 Å². The number of ketones is 5. The Hall–Kier alpha value is -17.4. The number of fused-ring (bicyclic) bond motifs is 5. The number of amides is 10. The molecule has 10 aromatic rings. The number of hydrogen-bond donors (Lipinski definition) is 10. The minimum atomic E-state index is -0.649. The van der Waals surface area contributed by atoms with E-state index in [9.17, 15) is 47.9 Å². The number of methoxy groups -OCH3 is 4. The fourth-order valence-corrected chi connectivity index (χ4v) is 15.7. The third-order valence-electron chi connectivity index (χ3n) is 22.3. The predicted octanol–water partition coefficient (Wildman–Crippen LogP) is 13.3. The average molecular weight is 1850 g/mol. The number of carbonyl (C=O) groups is 10. The predicted molar refractivity (Wildman–Crippen MR) is 491 cm³/mol. The second-order valence-corrected chi connectivity index (χ2v) is 30.7. The van der Waals surface area contributed by atoms with Crippen LogP contribution in [0.3, 0.4) is 0 Å². The number of ether oxygens (including phenoxy) is 15. The smallest absolute Gasteiger partial charge is 0.319 e.